The lowest BCUT2D eigenvalue weighted by Crippen LogP contribution is -2.37. The van der Waals surface area contributed by atoms with Gasteiger partial charge in [0.15, 0.2) is 0 Å². The lowest BCUT2D eigenvalue weighted by Gasteiger charge is -2.18. The highest BCUT2D eigenvalue weighted by atomic mass is 79.9. The van der Waals surface area contributed by atoms with Gasteiger partial charge in [0.2, 0.25) is 0 Å². The van der Waals surface area contributed by atoms with Gasteiger partial charge < -0.3 is 25.8 Å². The van der Waals surface area contributed by atoms with Crippen LogP contribution in [0.25, 0.3) is 10.6 Å². The normalized spacial score (nSPS) is 20.5. The van der Waals surface area contributed by atoms with Gasteiger partial charge in [0.05, 0.1) is 11.8 Å². The lowest BCUT2D eigenvalue weighted by molar-refractivity contribution is 0.161. The summed E-state index contributed by atoms with van der Waals surface area (Å²) in [6, 6.07) is 0. The van der Waals surface area contributed by atoms with Crippen LogP contribution in [0.5, 0.6) is 0 Å². The summed E-state index contributed by atoms with van der Waals surface area (Å²) in [5, 5.41) is 26.1. The van der Waals surface area contributed by atoms with Crippen LogP contribution in [-0.4, -0.2) is 33.7 Å². The third kappa shape index (κ3) is 5.59. The van der Waals surface area contributed by atoms with Gasteiger partial charge in [-0.3, -0.25) is 0 Å². The van der Waals surface area contributed by atoms with E-state index in [0.717, 1.165) is 52.3 Å². The van der Waals surface area contributed by atoms with Crippen LogP contribution in [0.15, 0.2) is 6.20 Å². The molecule has 6 heteroatoms. The predicted molar refractivity (Wildman–Crippen MR) is 115 cm³/mol. The van der Waals surface area contributed by atoms with Gasteiger partial charge in [-0.1, -0.05) is 60.5 Å². The molecule has 2 aliphatic carbocycles. The zero-order chi connectivity index (χ0) is 19.2. The summed E-state index contributed by atoms with van der Waals surface area (Å²) < 4.78 is 3.20. The molecule has 1 heterocycles. The summed E-state index contributed by atoms with van der Waals surface area (Å²) in [5.41, 5.74) is 6.52. The maximum atomic E-state index is 10.6. The van der Waals surface area contributed by atoms with E-state index in [1.54, 1.807) is 0 Å². The van der Waals surface area contributed by atoms with Crippen LogP contribution < -0.4 is 21.6 Å². The van der Waals surface area contributed by atoms with Gasteiger partial charge in [-0.25, -0.2) is 0 Å². The second-order valence-corrected chi connectivity index (χ2v) is 9.04. The van der Waals surface area contributed by atoms with Crippen LogP contribution in [0.3, 0.4) is 0 Å². The zero-order valence-electron chi connectivity index (χ0n) is 16.2. The third-order valence-electron chi connectivity index (χ3n) is 5.92. The van der Waals surface area contributed by atoms with E-state index in [1.807, 2.05) is 10.8 Å². The molecule has 1 aromatic rings. The number of aliphatic hydroxyl groups excluding tert-OH is 2. The van der Waals surface area contributed by atoms with E-state index in [0.29, 0.717) is 6.54 Å². The van der Waals surface area contributed by atoms with Gasteiger partial charge in [0.1, 0.15) is 6.23 Å². The van der Waals surface area contributed by atoms with Crippen molar-refractivity contribution in [2.24, 2.45) is 11.7 Å². The molecule has 0 radical (unpaired) electrons. The van der Waals surface area contributed by atoms with Crippen molar-refractivity contribution in [3.63, 3.8) is 0 Å². The highest BCUT2D eigenvalue weighted by Crippen LogP contribution is 2.27. The number of halogens is 1. The number of fused-ring (bicyclic) bond motifs is 1. The Balaban J connectivity index is 1.69. The Morgan fingerprint density at radius 2 is 1.96 bits per heavy atom. The van der Waals surface area contributed by atoms with Crippen molar-refractivity contribution in [2.75, 3.05) is 11.9 Å². The third-order valence-corrected chi connectivity index (χ3v) is 6.71. The van der Waals surface area contributed by atoms with Crippen molar-refractivity contribution in [2.45, 2.75) is 83.1 Å². The number of nitrogens with two attached hydrogens (primary N) is 1. The molecule has 1 aromatic heterocycles. The first-order chi connectivity index (χ1) is 13.1. The Morgan fingerprint density at radius 3 is 2.67 bits per heavy atom. The van der Waals surface area contributed by atoms with Gasteiger partial charge in [0, 0.05) is 34.3 Å². The van der Waals surface area contributed by atoms with Gasteiger partial charge in [0.25, 0.3) is 0 Å². The van der Waals surface area contributed by atoms with E-state index in [1.165, 1.54) is 38.5 Å². The Bertz CT molecular complexity index is 723. The molecule has 2 aliphatic rings. The van der Waals surface area contributed by atoms with Crippen molar-refractivity contribution in [1.82, 2.24) is 4.57 Å². The SMILES string of the molecule is NCC(O)Cn1cc(NC(O)CCC2CCCCCC2)c2c1=CCCC=2Br. The fourth-order valence-corrected chi connectivity index (χ4v) is 5.04. The standard InChI is InChI=1S/C21H34BrN3O2/c22-17-8-5-9-19-21(17)18(14-25(19)13-16(26)12-23)24-20(27)11-10-15-6-3-1-2-4-7-15/h9,14-16,20,24,26-27H,1-8,10-13,23H2. The quantitative estimate of drug-likeness (QED) is 0.370. The minimum Gasteiger partial charge on any atom is -0.390 e. The van der Waals surface area contributed by atoms with E-state index in [2.05, 4.69) is 27.3 Å². The monoisotopic (exact) mass is 439 g/mol. The van der Waals surface area contributed by atoms with Crippen LogP contribution in [0.4, 0.5) is 5.69 Å². The number of anilines is 1. The van der Waals surface area contributed by atoms with Gasteiger partial charge >= 0.3 is 0 Å². The highest BCUT2D eigenvalue weighted by molar-refractivity contribution is 9.14. The summed E-state index contributed by atoms with van der Waals surface area (Å²) in [6.45, 7) is 0.708. The van der Waals surface area contributed by atoms with E-state index in [4.69, 9.17) is 5.73 Å². The van der Waals surface area contributed by atoms with Crippen molar-refractivity contribution in [3.05, 3.63) is 16.8 Å². The van der Waals surface area contributed by atoms with E-state index < -0.39 is 12.3 Å². The van der Waals surface area contributed by atoms with Crippen molar-refractivity contribution in [1.29, 1.82) is 0 Å². The molecule has 5 N–H and O–H groups in total. The minimum atomic E-state index is -0.566. The number of hydrogen-bond donors (Lipinski definition) is 4. The summed E-state index contributed by atoms with van der Waals surface area (Å²) in [6.07, 6.45) is 14.9. The Morgan fingerprint density at radius 1 is 1.22 bits per heavy atom. The second kappa shape index (κ2) is 10.1. The molecule has 0 saturated heterocycles. The Hall–Kier alpha value is -0.820. The molecule has 1 fully saturated rings. The largest absolute Gasteiger partial charge is 0.390 e. The molecule has 0 bridgehead atoms. The van der Waals surface area contributed by atoms with Crippen molar-refractivity contribution in [3.8, 4) is 0 Å². The summed E-state index contributed by atoms with van der Waals surface area (Å²) in [5.74, 6) is 0.758. The number of hydrogen-bond acceptors (Lipinski definition) is 4. The molecule has 1 saturated carbocycles. The first-order valence-corrected chi connectivity index (χ1v) is 11.3. The zero-order valence-corrected chi connectivity index (χ0v) is 17.8. The topological polar surface area (TPSA) is 83.4 Å². The van der Waals surface area contributed by atoms with E-state index in [-0.39, 0.29) is 6.54 Å². The van der Waals surface area contributed by atoms with Crippen LogP contribution in [0.1, 0.15) is 64.2 Å². The number of aliphatic hydroxyl groups is 2. The first-order valence-electron chi connectivity index (χ1n) is 10.5. The summed E-state index contributed by atoms with van der Waals surface area (Å²) in [4.78, 5) is 0. The van der Waals surface area contributed by atoms with Gasteiger partial charge in [-0.2, -0.15) is 0 Å². The number of rotatable bonds is 8. The molecule has 0 aromatic carbocycles. The van der Waals surface area contributed by atoms with Gasteiger partial charge in [-0.15, -0.1) is 0 Å². The molecule has 0 spiro atoms. The van der Waals surface area contributed by atoms with Crippen LogP contribution in [0, 0.1) is 5.92 Å². The van der Waals surface area contributed by atoms with Crippen LogP contribution >= 0.6 is 15.9 Å². The van der Waals surface area contributed by atoms with Crippen molar-refractivity contribution >= 4 is 32.2 Å². The molecule has 2 unspecified atom stereocenters. The summed E-state index contributed by atoms with van der Waals surface area (Å²) >= 11 is 3.71. The lowest BCUT2D eigenvalue weighted by atomic mass is 9.94. The first kappa shape index (κ1) is 20.9. The molecular weight excluding hydrogens is 406 g/mol. The smallest absolute Gasteiger partial charge is 0.124 e. The molecule has 152 valence electrons. The van der Waals surface area contributed by atoms with E-state index >= 15 is 0 Å². The fraction of sp³-hybridized carbons (Fsp3) is 0.714. The molecule has 5 nitrogen and oxygen atoms in total. The average molecular weight is 440 g/mol. The Labute approximate surface area is 170 Å². The minimum absolute atomic E-state index is 0.241. The number of nitrogens with one attached hydrogen (secondary N) is 1. The average Bonchev–Trinajstić information content (AvgIpc) is 2.84. The summed E-state index contributed by atoms with van der Waals surface area (Å²) in [7, 11) is 0. The molecule has 2 atom stereocenters. The second-order valence-electron chi connectivity index (χ2n) is 8.09. The highest BCUT2D eigenvalue weighted by Gasteiger charge is 2.17. The molecular formula is C21H34BrN3O2. The predicted octanol–water partition coefficient (Wildman–Crippen LogP) is 2.37. The van der Waals surface area contributed by atoms with Crippen molar-refractivity contribution < 1.29 is 10.2 Å². The molecule has 3 rings (SSSR count). The fourth-order valence-electron chi connectivity index (χ4n) is 4.40. The molecule has 27 heavy (non-hydrogen) atoms. The van der Waals surface area contributed by atoms with Crippen LogP contribution in [-0.2, 0) is 6.54 Å². The number of nitrogens with zero attached hydrogens (tertiary/aromatic N) is 1. The molecule has 0 aliphatic heterocycles. The Kier molecular flexibility index (Phi) is 7.82. The van der Waals surface area contributed by atoms with Crippen LogP contribution in [0.2, 0.25) is 0 Å². The maximum Gasteiger partial charge on any atom is 0.124 e. The van der Waals surface area contributed by atoms with E-state index in [9.17, 15) is 10.2 Å². The van der Waals surface area contributed by atoms with Gasteiger partial charge in [-0.05, 0) is 31.6 Å². The number of aromatic nitrogens is 1. The molecule has 0 amide bonds. The maximum absolute atomic E-state index is 10.6.